The van der Waals surface area contributed by atoms with Crippen LogP contribution in [0.5, 0.6) is 0 Å². The van der Waals surface area contributed by atoms with Crippen molar-refractivity contribution in [1.82, 2.24) is 0 Å². The van der Waals surface area contributed by atoms with Crippen LogP contribution in [0, 0.1) is 5.92 Å². The second kappa shape index (κ2) is 6.12. The molecule has 0 aromatic carbocycles. The summed E-state index contributed by atoms with van der Waals surface area (Å²) in [5.41, 5.74) is 0. The molecule has 0 radical (unpaired) electrons. The van der Waals surface area contributed by atoms with E-state index in [1.807, 2.05) is 0 Å². The number of hydrogen-bond acceptors (Lipinski definition) is 5. The molecular weight excluding hydrogens is 188 g/mol. The molecule has 5 heteroatoms. The minimum atomic E-state index is -0.502. The Morgan fingerprint density at radius 2 is 1.57 bits per heavy atom. The van der Waals surface area contributed by atoms with Crippen LogP contribution in [0.15, 0.2) is 0 Å². The van der Waals surface area contributed by atoms with E-state index in [-0.39, 0.29) is 19.0 Å². The van der Waals surface area contributed by atoms with Crippen LogP contribution in [0.1, 0.15) is 20.8 Å². The zero-order valence-electron chi connectivity index (χ0n) is 8.53. The molecule has 0 bridgehead atoms. The molecule has 0 spiro atoms. The van der Waals surface area contributed by atoms with E-state index in [1.165, 1.54) is 13.8 Å². The Bertz CT molecular complexity index is 233. The molecule has 0 aromatic heterocycles. The summed E-state index contributed by atoms with van der Waals surface area (Å²) in [6.07, 6.45) is 0. The number of ketones is 1. The lowest BCUT2D eigenvalue weighted by Gasteiger charge is -2.09. The summed E-state index contributed by atoms with van der Waals surface area (Å²) in [5, 5.41) is 0. The second-order valence-corrected chi connectivity index (χ2v) is 2.95. The summed E-state index contributed by atoms with van der Waals surface area (Å²) >= 11 is 0. The van der Waals surface area contributed by atoms with E-state index in [4.69, 9.17) is 0 Å². The van der Waals surface area contributed by atoms with Crippen LogP contribution < -0.4 is 0 Å². The topological polar surface area (TPSA) is 69.7 Å². The Kier molecular flexibility index (Phi) is 5.52. The maximum atomic E-state index is 11.2. The lowest BCUT2D eigenvalue weighted by Crippen LogP contribution is -2.23. The highest BCUT2D eigenvalue weighted by molar-refractivity contribution is 5.84. The van der Waals surface area contributed by atoms with Gasteiger partial charge >= 0.3 is 11.9 Å². The fraction of sp³-hybridized carbons (Fsp3) is 0.667. The molecule has 0 fully saturated rings. The lowest BCUT2D eigenvalue weighted by molar-refractivity contribution is -0.149. The number of hydrogen-bond donors (Lipinski definition) is 0. The van der Waals surface area contributed by atoms with Gasteiger partial charge in [-0.3, -0.25) is 14.4 Å². The number of carbonyl (C=O) groups excluding carboxylic acids is 3. The molecule has 0 saturated heterocycles. The summed E-state index contributed by atoms with van der Waals surface area (Å²) in [6, 6.07) is 0. The van der Waals surface area contributed by atoms with Gasteiger partial charge in [-0.05, 0) is 0 Å². The molecule has 0 amide bonds. The van der Waals surface area contributed by atoms with Crippen LogP contribution in [0.2, 0.25) is 0 Å². The molecule has 0 rings (SSSR count). The van der Waals surface area contributed by atoms with Gasteiger partial charge in [0.1, 0.15) is 13.2 Å². The third-order valence-electron chi connectivity index (χ3n) is 1.50. The van der Waals surface area contributed by atoms with Gasteiger partial charge in [-0.25, -0.2) is 0 Å². The minimum absolute atomic E-state index is 0.0232. The van der Waals surface area contributed by atoms with E-state index in [2.05, 4.69) is 9.47 Å². The molecule has 0 saturated carbocycles. The summed E-state index contributed by atoms with van der Waals surface area (Å²) in [7, 11) is 0. The molecule has 0 heterocycles. The first-order chi connectivity index (χ1) is 6.43. The van der Waals surface area contributed by atoms with Gasteiger partial charge in [0.05, 0.1) is 5.92 Å². The minimum Gasteiger partial charge on any atom is -0.465 e. The van der Waals surface area contributed by atoms with Crippen molar-refractivity contribution in [3.63, 3.8) is 0 Å². The number of rotatable bonds is 5. The van der Waals surface area contributed by atoms with Gasteiger partial charge < -0.3 is 9.47 Å². The van der Waals surface area contributed by atoms with Gasteiger partial charge in [0.25, 0.3) is 0 Å². The number of carbonyl (C=O) groups is 3. The Morgan fingerprint density at radius 1 is 1.07 bits per heavy atom. The number of esters is 2. The molecule has 1 atom stereocenters. The largest absolute Gasteiger partial charge is 0.465 e. The summed E-state index contributed by atoms with van der Waals surface area (Å²) in [6.45, 7) is 3.86. The zero-order valence-corrected chi connectivity index (χ0v) is 8.53. The van der Waals surface area contributed by atoms with Crippen LogP contribution in [0.25, 0.3) is 0 Å². The Morgan fingerprint density at radius 3 is 2.00 bits per heavy atom. The van der Waals surface area contributed by atoms with Crippen molar-refractivity contribution in [3.05, 3.63) is 0 Å². The van der Waals surface area contributed by atoms with Gasteiger partial charge in [0, 0.05) is 13.8 Å². The summed E-state index contributed by atoms with van der Waals surface area (Å²) in [4.78, 5) is 32.0. The summed E-state index contributed by atoms with van der Waals surface area (Å²) in [5.74, 6) is -1.64. The molecule has 5 nitrogen and oxygen atoms in total. The van der Waals surface area contributed by atoms with E-state index >= 15 is 0 Å². The van der Waals surface area contributed by atoms with Crippen molar-refractivity contribution in [1.29, 1.82) is 0 Å². The van der Waals surface area contributed by atoms with Crippen molar-refractivity contribution in [2.75, 3.05) is 13.2 Å². The molecule has 80 valence electrons. The lowest BCUT2D eigenvalue weighted by atomic mass is 10.1. The average Bonchev–Trinajstić information content (AvgIpc) is 2.09. The number of Topliss-reactive ketones (excluding diaryl/α,β-unsaturated/α-hetero) is 1. The van der Waals surface area contributed by atoms with E-state index in [0.29, 0.717) is 0 Å². The molecule has 0 aliphatic heterocycles. The third-order valence-corrected chi connectivity index (χ3v) is 1.50. The Labute approximate surface area is 82.4 Å². The first kappa shape index (κ1) is 12.6. The van der Waals surface area contributed by atoms with Gasteiger partial charge in [0.2, 0.25) is 0 Å². The molecule has 1 unspecified atom stereocenters. The highest BCUT2D eigenvalue weighted by atomic mass is 16.5. The average molecular weight is 202 g/mol. The van der Waals surface area contributed by atoms with Crippen LogP contribution in [-0.4, -0.2) is 30.9 Å². The SMILES string of the molecule is CC(=O)OCC(=O)C(C)COC(C)=O. The highest BCUT2D eigenvalue weighted by Crippen LogP contribution is 1.99. The monoisotopic (exact) mass is 202 g/mol. The van der Waals surface area contributed by atoms with Gasteiger partial charge in [-0.1, -0.05) is 6.92 Å². The second-order valence-electron chi connectivity index (χ2n) is 2.95. The van der Waals surface area contributed by atoms with Crippen LogP contribution >= 0.6 is 0 Å². The van der Waals surface area contributed by atoms with E-state index in [0.717, 1.165) is 0 Å². The number of ether oxygens (including phenoxy) is 2. The first-order valence-corrected chi connectivity index (χ1v) is 4.23. The molecule has 0 aliphatic carbocycles. The van der Waals surface area contributed by atoms with Crippen molar-refractivity contribution in [2.45, 2.75) is 20.8 Å². The Balaban J connectivity index is 3.76. The zero-order chi connectivity index (χ0) is 11.1. The van der Waals surface area contributed by atoms with Gasteiger partial charge in [-0.15, -0.1) is 0 Å². The van der Waals surface area contributed by atoms with E-state index in [1.54, 1.807) is 6.92 Å². The van der Waals surface area contributed by atoms with Crippen molar-refractivity contribution in [3.8, 4) is 0 Å². The summed E-state index contributed by atoms with van der Waals surface area (Å²) < 4.78 is 9.13. The predicted octanol–water partition coefficient (Wildman–Crippen LogP) is 0.318. The van der Waals surface area contributed by atoms with Crippen molar-refractivity contribution >= 4 is 17.7 Å². The fourth-order valence-electron chi connectivity index (χ4n) is 0.650. The van der Waals surface area contributed by atoms with E-state index < -0.39 is 17.9 Å². The molecule has 0 aliphatic rings. The standard InChI is InChI=1S/C9H14O5/c1-6(4-13-7(2)10)9(12)5-14-8(3)11/h6H,4-5H2,1-3H3. The maximum Gasteiger partial charge on any atom is 0.303 e. The normalized spacial score (nSPS) is 11.6. The molecule has 0 aromatic rings. The van der Waals surface area contributed by atoms with Crippen LogP contribution in [0.4, 0.5) is 0 Å². The van der Waals surface area contributed by atoms with Crippen LogP contribution in [0.3, 0.4) is 0 Å². The quantitative estimate of drug-likeness (QED) is 0.600. The van der Waals surface area contributed by atoms with E-state index in [9.17, 15) is 14.4 Å². The van der Waals surface area contributed by atoms with Crippen molar-refractivity contribution < 1.29 is 23.9 Å². The third kappa shape index (κ3) is 6.16. The highest BCUT2D eigenvalue weighted by Gasteiger charge is 2.15. The van der Waals surface area contributed by atoms with Crippen molar-refractivity contribution in [2.24, 2.45) is 5.92 Å². The molecular formula is C9H14O5. The first-order valence-electron chi connectivity index (χ1n) is 4.23. The van der Waals surface area contributed by atoms with Gasteiger partial charge in [0.15, 0.2) is 5.78 Å². The maximum absolute atomic E-state index is 11.2. The molecule has 14 heavy (non-hydrogen) atoms. The smallest absolute Gasteiger partial charge is 0.303 e. The van der Waals surface area contributed by atoms with Crippen LogP contribution in [-0.2, 0) is 23.9 Å². The molecule has 0 N–H and O–H groups in total. The van der Waals surface area contributed by atoms with Gasteiger partial charge in [-0.2, -0.15) is 0 Å². The fourth-order valence-corrected chi connectivity index (χ4v) is 0.650. The Hall–Kier alpha value is -1.39. The predicted molar refractivity (Wildman–Crippen MR) is 47.4 cm³/mol.